The molecule has 1 aromatic carbocycles. The van der Waals surface area contributed by atoms with Gasteiger partial charge in [0.1, 0.15) is 17.9 Å². The number of carbonyl (C=O) groups is 6. The number of hydrogen-bond acceptors (Lipinski definition) is 10. The summed E-state index contributed by atoms with van der Waals surface area (Å²) < 4.78 is 0. The highest BCUT2D eigenvalue weighted by Crippen LogP contribution is 2.22. The maximum atomic E-state index is 13.8. The van der Waals surface area contributed by atoms with E-state index >= 15 is 0 Å². The molecule has 1 rings (SSSR count). The first-order valence-corrected chi connectivity index (χ1v) is 21.3. The van der Waals surface area contributed by atoms with Crippen LogP contribution in [0.3, 0.4) is 0 Å². The van der Waals surface area contributed by atoms with Crippen LogP contribution in [0.2, 0.25) is 0 Å². The van der Waals surface area contributed by atoms with Crippen LogP contribution in [-0.2, 0) is 35.2 Å². The molecule has 0 unspecified atom stereocenters. The first-order chi connectivity index (χ1) is 27.7. The number of benzene rings is 1. The fourth-order valence-corrected chi connectivity index (χ4v) is 6.82. The maximum Gasteiger partial charge on any atom is 0.239 e. The van der Waals surface area contributed by atoms with Crippen LogP contribution in [0, 0.1) is 41.4 Å². The van der Waals surface area contributed by atoms with E-state index in [4.69, 9.17) is 5.84 Å². The van der Waals surface area contributed by atoms with Gasteiger partial charge in [-0.05, 0) is 122 Å². The highest BCUT2D eigenvalue weighted by Gasteiger charge is 2.40. The van der Waals surface area contributed by atoms with E-state index in [0.717, 1.165) is 31.2 Å². The van der Waals surface area contributed by atoms with Crippen molar-refractivity contribution in [1.29, 1.82) is 0 Å². The zero-order valence-corrected chi connectivity index (χ0v) is 37.4. The van der Waals surface area contributed by atoms with Crippen molar-refractivity contribution in [2.24, 2.45) is 23.6 Å². The monoisotopic (exact) mass is 820 g/mol. The van der Waals surface area contributed by atoms with Gasteiger partial charge in [0.25, 0.3) is 0 Å². The summed E-state index contributed by atoms with van der Waals surface area (Å²) >= 11 is 0. The van der Waals surface area contributed by atoms with E-state index in [-0.39, 0.29) is 42.2 Å². The Morgan fingerprint density at radius 1 is 0.729 bits per heavy atom. The molecule has 2 amide bonds. The number of rotatable bonds is 28. The van der Waals surface area contributed by atoms with Crippen molar-refractivity contribution in [3.05, 3.63) is 35.9 Å². The lowest BCUT2D eigenvalue weighted by atomic mass is 9.86. The average Bonchev–Trinajstić information content (AvgIpc) is 3.17. The molecule has 7 atom stereocenters. The van der Waals surface area contributed by atoms with Crippen LogP contribution in [0.25, 0.3) is 0 Å². The Morgan fingerprint density at radius 3 is 1.71 bits per heavy atom. The van der Waals surface area contributed by atoms with E-state index in [0.29, 0.717) is 44.4 Å². The van der Waals surface area contributed by atoms with Gasteiger partial charge in [-0.15, -0.1) is 0 Å². The summed E-state index contributed by atoms with van der Waals surface area (Å²) in [5.74, 6) is 15.1. The van der Waals surface area contributed by atoms with Crippen molar-refractivity contribution >= 4 is 34.9 Å². The fourth-order valence-electron chi connectivity index (χ4n) is 6.82. The number of hydrogen-bond donors (Lipinski definition) is 6. The summed E-state index contributed by atoms with van der Waals surface area (Å²) in [6, 6.07) is 5.68. The quantitative estimate of drug-likeness (QED) is 0.0218. The van der Waals surface area contributed by atoms with E-state index in [1.807, 2.05) is 51.1 Å². The predicted octanol–water partition coefficient (Wildman–Crippen LogP) is 5.08. The Morgan fingerprint density at radius 2 is 1.25 bits per heavy atom. The minimum absolute atomic E-state index is 0.0189. The summed E-state index contributed by atoms with van der Waals surface area (Å²) in [5, 5.41) is 19.3. The standard InChI is InChI=1S/C47H73N5O7/c1-11-38(29-32(2)3)44(58)51-47(10,36(8)55)28-24-19-17-15-13-12-14-16-18-23-27-46(9,35(7)54)50-39(30-33(4)5)42(56)43(57)41(34(6)53)49-45(59)40(52-48)31-37-25-21-20-22-26-37/h20-22,25-26,32-34,38-41,50,52-53H,11,16-19,23-24,27-31,48H2,1-10H3,(H,49,59)(H,51,58)/t34-,38+,39+,40+,41+,46-,47+/m1/s1. The van der Waals surface area contributed by atoms with Gasteiger partial charge < -0.3 is 15.7 Å². The smallest absolute Gasteiger partial charge is 0.239 e. The van der Waals surface area contributed by atoms with Gasteiger partial charge in [0.2, 0.25) is 23.4 Å². The number of amides is 2. The Kier molecular flexibility index (Phi) is 24.0. The number of aliphatic hydroxyl groups is 1. The third-order valence-electron chi connectivity index (χ3n) is 10.9. The maximum absolute atomic E-state index is 13.8. The van der Waals surface area contributed by atoms with E-state index in [9.17, 15) is 33.9 Å². The van der Waals surface area contributed by atoms with Crippen LogP contribution < -0.4 is 27.2 Å². The number of aliphatic hydroxyl groups excluding tert-OH is 1. The molecule has 0 aliphatic heterocycles. The van der Waals surface area contributed by atoms with Gasteiger partial charge in [0.15, 0.2) is 5.78 Å². The zero-order valence-electron chi connectivity index (χ0n) is 37.4. The Bertz CT molecular complexity index is 1650. The van der Waals surface area contributed by atoms with Crippen molar-refractivity contribution in [1.82, 2.24) is 21.4 Å². The van der Waals surface area contributed by atoms with Crippen LogP contribution in [0.4, 0.5) is 0 Å². The molecular formula is C47H73N5O7. The first kappa shape index (κ1) is 52.8. The largest absolute Gasteiger partial charge is 0.391 e. The fraction of sp³-hybridized carbons (Fsp3) is 0.660. The summed E-state index contributed by atoms with van der Waals surface area (Å²) in [6.07, 6.45) is 5.53. The highest BCUT2D eigenvalue weighted by molar-refractivity contribution is 6.41. The predicted molar refractivity (Wildman–Crippen MR) is 233 cm³/mol. The molecule has 7 N–H and O–H groups in total. The highest BCUT2D eigenvalue weighted by atomic mass is 16.3. The molecule has 0 fully saturated rings. The molecule has 0 radical (unpaired) electrons. The number of ketones is 4. The lowest BCUT2D eigenvalue weighted by Gasteiger charge is -2.34. The molecule has 328 valence electrons. The van der Waals surface area contributed by atoms with Crippen LogP contribution in [0.1, 0.15) is 145 Å². The summed E-state index contributed by atoms with van der Waals surface area (Å²) in [7, 11) is 0. The molecule has 0 aliphatic rings. The minimum Gasteiger partial charge on any atom is -0.391 e. The van der Waals surface area contributed by atoms with Crippen LogP contribution >= 0.6 is 0 Å². The summed E-state index contributed by atoms with van der Waals surface area (Å²) in [5.41, 5.74) is 1.25. The normalized spacial score (nSPS) is 15.8. The van der Waals surface area contributed by atoms with E-state index in [2.05, 4.69) is 58.9 Å². The lowest BCUT2D eigenvalue weighted by Crippen LogP contribution is -2.61. The number of Topliss-reactive ketones (excluding diaryl/α,β-unsaturated/α-hetero) is 4. The second-order valence-corrected chi connectivity index (χ2v) is 17.2. The van der Waals surface area contributed by atoms with Crippen molar-refractivity contribution in [2.45, 2.75) is 182 Å². The molecule has 0 saturated carbocycles. The Balaban J connectivity index is 2.79. The van der Waals surface area contributed by atoms with Crippen molar-refractivity contribution in [3.63, 3.8) is 0 Å². The number of unbranched alkanes of at least 4 members (excludes halogenated alkanes) is 4. The number of carbonyl (C=O) groups excluding carboxylic acids is 6. The van der Waals surface area contributed by atoms with Crippen molar-refractivity contribution in [2.75, 3.05) is 0 Å². The molecule has 0 spiro atoms. The molecule has 12 nitrogen and oxygen atoms in total. The van der Waals surface area contributed by atoms with E-state index in [1.165, 1.54) is 20.8 Å². The SMILES string of the molecule is CC[C@@H](CC(C)C)C(=O)N[C@@](C)(CCCCC#CC#CCCCC[C@@](C)(N[C@@H](CC(C)C)C(=O)C(=O)[C@@H](NC(=O)[C@H](Cc1ccccc1)NN)[C@@H](C)O)C(C)=O)C(C)=O. The van der Waals surface area contributed by atoms with Gasteiger partial charge in [-0.3, -0.25) is 39.9 Å². The zero-order chi connectivity index (χ0) is 44.8. The van der Waals surface area contributed by atoms with E-state index < -0.39 is 52.8 Å². The van der Waals surface area contributed by atoms with Gasteiger partial charge in [0, 0.05) is 18.8 Å². The molecule has 59 heavy (non-hydrogen) atoms. The number of nitrogens with one attached hydrogen (secondary N) is 4. The number of nitrogens with two attached hydrogens (primary N) is 1. The van der Waals surface area contributed by atoms with Gasteiger partial charge in [0.05, 0.1) is 23.2 Å². The second kappa shape index (κ2) is 26.8. The molecule has 1 aromatic rings. The second-order valence-electron chi connectivity index (χ2n) is 17.2. The molecule has 0 heterocycles. The van der Waals surface area contributed by atoms with Crippen molar-refractivity contribution in [3.8, 4) is 23.7 Å². The van der Waals surface area contributed by atoms with Crippen LogP contribution in [0.5, 0.6) is 0 Å². The van der Waals surface area contributed by atoms with Gasteiger partial charge in [-0.25, -0.2) is 5.43 Å². The van der Waals surface area contributed by atoms with E-state index in [1.54, 1.807) is 13.8 Å². The number of hydrazine groups is 1. The third kappa shape index (κ3) is 19.2. The first-order valence-electron chi connectivity index (χ1n) is 21.3. The molecular weight excluding hydrogens is 747 g/mol. The molecule has 0 aromatic heterocycles. The lowest BCUT2D eigenvalue weighted by molar-refractivity contribution is -0.142. The third-order valence-corrected chi connectivity index (χ3v) is 10.9. The van der Waals surface area contributed by atoms with Gasteiger partial charge >= 0.3 is 0 Å². The Hall–Kier alpha value is -4.20. The minimum atomic E-state index is -1.52. The molecule has 12 heteroatoms. The Labute approximate surface area is 354 Å². The summed E-state index contributed by atoms with van der Waals surface area (Å²) in [6.45, 7) is 17.8. The topological polar surface area (TPSA) is 197 Å². The van der Waals surface area contributed by atoms with Crippen LogP contribution in [0.15, 0.2) is 30.3 Å². The molecule has 0 saturated heterocycles. The van der Waals surface area contributed by atoms with Crippen molar-refractivity contribution < 1.29 is 33.9 Å². The van der Waals surface area contributed by atoms with Gasteiger partial charge in [-0.2, -0.15) is 0 Å². The van der Waals surface area contributed by atoms with Gasteiger partial charge in [-0.1, -0.05) is 83.2 Å². The molecule has 0 bridgehead atoms. The summed E-state index contributed by atoms with van der Waals surface area (Å²) in [4.78, 5) is 78.9. The molecule has 0 aliphatic carbocycles. The van der Waals surface area contributed by atoms with Crippen LogP contribution in [-0.4, -0.2) is 75.4 Å². The average molecular weight is 820 g/mol.